The van der Waals surface area contributed by atoms with Gasteiger partial charge in [-0.1, -0.05) is 11.8 Å². The van der Waals surface area contributed by atoms with Gasteiger partial charge in [0.05, 0.1) is 5.69 Å². The fraction of sp³-hybridized carbons (Fsp3) is 0.238. The van der Waals surface area contributed by atoms with Gasteiger partial charge in [0.25, 0.3) is 5.56 Å². The zero-order valence-electron chi connectivity index (χ0n) is 16.0. The predicted octanol–water partition coefficient (Wildman–Crippen LogP) is 2.51. The second-order valence-corrected chi connectivity index (χ2v) is 8.51. The fourth-order valence-corrected chi connectivity index (χ4v) is 5.77. The van der Waals surface area contributed by atoms with Crippen molar-refractivity contribution >= 4 is 39.9 Å². The van der Waals surface area contributed by atoms with Gasteiger partial charge in [0.1, 0.15) is 26.6 Å². The molecule has 1 aliphatic heterocycles. The van der Waals surface area contributed by atoms with E-state index in [9.17, 15) is 9.18 Å². The normalized spacial score (nSPS) is 16.0. The molecule has 0 spiro atoms. The maximum Gasteiger partial charge on any atom is 0.271 e. The third-order valence-electron chi connectivity index (χ3n) is 4.80. The van der Waals surface area contributed by atoms with Crippen LogP contribution in [0.3, 0.4) is 0 Å². The van der Waals surface area contributed by atoms with E-state index in [4.69, 9.17) is 0 Å². The van der Waals surface area contributed by atoms with Crippen LogP contribution in [0.1, 0.15) is 19.5 Å². The summed E-state index contributed by atoms with van der Waals surface area (Å²) in [5.74, 6) is -0.271. The van der Waals surface area contributed by atoms with Crippen molar-refractivity contribution < 1.29 is 8.96 Å². The maximum atomic E-state index is 13.7. The molecule has 144 valence electrons. The molecule has 0 unspecified atom stereocenters. The number of thiazole rings is 1. The summed E-state index contributed by atoms with van der Waals surface area (Å²) in [6.07, 6.45) is 4.10. The number of hydrogen-bond acceptors (Lipinski definition) is 4. The summed E-state index contributed by atoms with van der Waals surface area (Å²) in [5.41, 5.74) is 1.86. The summed E-state index contributed by atoms with van der Waals surface area (Å²) in [6, 6.07) is 10.8. The Hall–Kier alpha value is -2.38. The van der Waals surface area contributed by atoms with Gasteiger partial charge in [-0.25, -0.2) is 4.39 Å². The molecule has 0 fully saturated rings. The highest BCUT2D eigenvalue weighted by atomic mass is 32.2. The molecule has 0 amide bonds. The Morgan fingerprint density at radius 3 is 2.79 bits per heavy atom. The average molecular weight is 415 g/mol. The standard InChI is InChI=1S/C21H21FN3OS2/c1-4-24-11-7-6-8-15(24)13-18-25(5-2)20(26)19(28-18)21-23(3)16-12-14(22)9-10-17(16)27-21/h6-13H,4-5H2,1-3H3/q+1/b21-19+. The maximum absolute atomic E-state index is 13.7. The molecule has 0 atom stereocenters. The van der Waals surface area contributed by atoms with E-state index in [2.05, 4.69) is 23.6 Å². The van der Waals surface area contributed by atoms with Gasteiger partial charge in [-0.15, -0.1) is 11.3 Å². The third kappa shape index (κ3) is 3.18. The van der Waals surface area contributed by atoms with Crippen molar-refractivity contribution in [3.05, 3.63) is 73.7 Å². The molecule has 4 rings (SSSR count). The summed E-state index contributed by atoms with van der Waals surface area (Å²) in [4.78, 5) is 16.0. The average Bonchev–Trinajstić information content (AvgIpc) is 3.18. The SMILES string of the molecule is CCn1c(=O)/c(=C2\Sc3ccc(F)cc3N2C)s/c1=C\c1cccc[n+]1CC. The lowest BCUT2D eigenvalue weighted by Gasteiger charge is -2.12. The Bertz CT molecular complexity index is 1230. The van der Waals surface area contributed by atoms with Gasteiger partial charge in [-0.3, -0.25) is 9.36 Å². The predicted molar refractivity (Wildman–Crippen MR) is 113 cm³/mol. The minimum atomic E-state index is -0.271. The summed E-state index contributed by atoms with van der Waals surface area (Å²) in [7, 11) is 1.88. The van der Waals surface area contributed by atoms with Gasteiger partial charge in [0.15, 0.2) is 6.20 Å². The summed E-state index contributed by atoms with van der Waals surface area (Å²) in [6.45, 7) is 5.54. The lowest BCUT2D eigenvalue weighted by molar-refractivity contribution is -0.695. The van der Waals surface area contributed by atoms with E-state index < -0.39 is 0 Å². The Labute approximate surface area is 170 Å². The molecule has 28 heavy (non-hydrogen) atoms. The molecule has 1 aromatic carbocycles. The van der Waals surface area contributed by atoms with Gasteiger partial charge >= 0.3 is 0 Å². The molecule has 7 heteroatoms. The zero-order chi connectivity index (χ0) is 19.8. The van der Waals surface area contributed by atoms with E-state index in [-0.39, 0.29) is 11.4 Å². The molecule has 0 saturated heterocycles. The van der Waals surface area contributed by atoms with E-state index in [1.807, 2.05) is 37.2 Å². The van der Waals surface area contributed by atoms with Crippen molar-refractivity contribution in [1.82, 2.24) is 4.57 Å². The van der Waals surface area contributed by atoms with Crippen LogP contribution < -0.4 is 24.2 Å². The highest BCUT2D eigenvalue weighted by Crippen LogP contribution is 2.45. The van der Waals surface area contributed by atoms with Crippen LogP contribution in [-0.2, 0) is 13.1 Å². The Kier molecular flexibility index (Phi) is 5.12. The first-order valence-electron chi connectivity index (χ1n) is 9.18. The van der Waals surface area contributed by atoms with Crippen LogP contribution in [0.5, 0.6) is 0 Å². The van der Waals surface area contributed by atoms with E-state index >= 15 is 0 Å². The van der Waals surface area contributed by atoms with Crippen molar-refractivity contribution in [2.45, 2.75) is 31.8 Å². The van der Waals surface area contributed by atoms with Crippen LogP contribution in [0.15, 0.2) is 52.3 Å². The molecule has 1 aliphatic rings. The highest BCUT2D eigenvalue weighted by molar-refractivity contribution is 8.08. The van der Waals surface area contributed by atoms with Crippen LogP contribution >= 0.6 is 23.1 Å². The summed E-state index contributed by atoms with van der Waals surface area (Å²) >= 11 is 3.01. The molecule has 0 bridgehead atoms. The summed E-state index contributed by atoms with van der Waals surface area (Å²) in [5, 5.41) is 0.855. The van der Waals surface area contributed by atoms with Crippen LogP contribution in [-0.4, -0.2) is 11.6 Å². The number of pyridine rings is 1. The van der Waals surface area contributed by atoms with Crippen molar-refractivity contribution in [3.63, 3.8) is 0 Å². The number of aryl methyl sites for hydroxylation is 1. The molecule has 3 aromatic rings. The largest absolute Gasteiger partial charge is 0.337 e. The molecule has 0 N–H and O–H groups in total. The minimum Gasteiger partial charge on any atom is -0.337 e. The number of rotatable bonds is 3. The first kappa shape index (κ1) is 19.0. The van der Waals surface area contributed by atoms with E-state index in [0.29, 0.717) is 11.1 Å². The topological polar surface area (TPSA) is 29.1 Å². The van der Waals surface area contributed by atoms with Crippen molar-refractivity contribution in [2.75, 3.05) is 11.9 Å². The van der Waals surface area contributed by atoms with Gasteiger partial charge in [-0.05, 0) is 38.1 Å². The molecular formula is C21H21FN3OS2+. The minimum absolute atomic E-state index is 0.000331. The fourth-order valence-electron chi connectivity index (χ4n) is 3.32. The van der Waals surface area contributed by atoms with E-state index in [1.165, 1.54) is 35.2 Å². The Morgan fingerprint density at radius 1 is 1.21 bits per heavy atom. The van der Waals surface area contributed by atoms with Gasteiger partial charge in [-0.2, -0.15) is 4.57 Å². The first-order valence-corrected chi connectivity index (χ1v) is 10.8. The van der Waals surface area contributed by atoms with Crippen LogP contribution in [0.4, 0.5) is 10.1 Å². The number of nitrogens with zero attached hydrogens (tertiary/aromatic N) is 3. The number of hydrogen-bond donors (Lipinski definition) is 0. The highest BCUT2D eigenvalue weighted by Gasteiger charge is 2.25. The van der Waals surface area contributed by atoms with Crippen LogP contribution in [0, 0.1) is 5.82 Å². The van der Waals surface area contributed by atoms with Crippen molar-refractivity contribution in [1.29, 1.82) is 0 Å². The van der Waals surface area contributed by atoms with Gasteiger partial charge < -0.3 is 4.90 Å². The Balaban J connectivity index is 1.93. The second kappa shape index (κ2) is 7.56. The molecule has 0 aliphatic carbocycles. The lowest BCUT2D eigenvalue weighted by Crippen LogP contribution is -2.36. The Morgan fingerprint density at radius 2 is 2.04 bits per heavy atom. The number of benzene rings is 1. The van der Waals surface area contributed by atoms with Crippen molar-refractivity contribution in [3.8, 4) is 0 Å². The number of aromatic nitrogens is 2. The summed E-state index contributed by atoms with van der Waals surface area (Å²) < 4.78 is 19.2. The number of fused-ring (bicyclic) bond motifs is 1. The van der Waals surface area contributed by atoms with Gasteiger partial charge in [0.2, 0.25) is 5.69 Å². The lowest BCUT2D eigenvalue weighted by atomic mass is 10.3. The number of anilines is 1. The molecule has 2 aromatic heterocycles. The van der Waals surface area contributed by atoms with Crippen LogP contribution in [0.2, 0.25) is 0 Å². The first-order chi connectivity index (χ1) is 13.5. The number of halogens is 1. The quantitative estimate of drug-likeness (QED) is 0.617. The molecular weight excluding hydrogens is 393 g/mol. The molecule has 3 heterocycles. The monoisotopic (exact) mass is 414 g/mol. The molecule has 0 radical (unpaired) electrons. The van der Waals surface area contributed by atoms with E-state index in [0.717, 1.165) is 32.5 Å². The smallest absolute Gasteiger partial charge is 0.271 e. The molecule has 0 saturated carbocycles. The number of thioether (sulfide) groups is 1. The third-order valence-corrected chi connectivity index (χ3v) is 7.29. The molecule has 4 nitrogen and oxygen atoms in total. The zero-order valence-corrected chi connectivity index (χ0v) is 17.6. The van der Waals surface area contributed by atoms with Crippen LogP contribution in [0.25, 0.3) is 11.1 Å². The van der Waals surface area contributed by atoms with Gasteiger partial charge in [0, 0.05) is 36.7 Å². The van der Waals surface area contributed by atoms with Crippen molar-refractivity contribution in [2.24, 2.45) is 0 Å². The second-order valence-electron chi connectivity index (χ2n) is 6.45. The van der Waals surface area contributed by atoms with E-state index in [1.54, 1.807) is 10.6 Å².